The lowest BCUT2D eigenvalue weighted by Gasteiger charge is -2.32. The van der Waals surface area contributed by atoms with Crippen LogP contribution in [0.1, 0.15) is 104 Å². The number of aromatic hydroxyl groups is 3. The van der Waals surface area contributed by atoms with E-state index in [1.165, 1.54) is 13.0 Å². The third-order valence-corrected chi connectivity index (χ3v) is 8.09. The van der Waals surface area contributed by atoms with Crippen LogP contribution in [0.15, 0.2) is 52.7 Å². The van der Waals surface area contributed by atoms with E-state index in [2.05, 4.69) is 6.08 Å². The van der Waals surface area contributed by atoms with Gasteiger partial charge in [-0.3, -0.25) is 9.59 Å². The monoisotopic (exact) mass is 590 g/mol. The number of hydrogen-bond acceptors (Lipinski definition) is 7. The Kier molecular flexibility index (Phi) is 10.4. The van der Waals surface area contributed by atoms with Gasteiger partial charge in [-0.05, 0) is 91.7 Å². The van der Waals surface area contributed by atoms with Gasteiger partial charge in [0, 0.05) is 28.3 Å². The zero-order valence-corrected chi connectivity index (χ0v) is 25.8. The van der Waals surface area contributed by atoms with Crippen molar-refractivity contribution in [2.24, 2.45) is 0 Å². The molecule has 5 N–H and O–H groups in total. The number of Topliss-reactive ketones (excluding diaryl/α,β-unsaturated/α-hetero) is 2. The fourth-order valence-corrected chi connectivity index (χ4v) is 5.47. The van der Waals surface area contributed by atoms with Crippen LogP contribution in [-0.2, 0) is 4.79 Å². The molecule has 43 heavy (non-hydrogen) atoms. The van der Waals surface area contributed by atoms with Gasteiger partial charge >= 0.3 is 5.97 Å². The number of hydrogen-bond donors (Lipinski definition) is 5. The van der Waals surface area contributed by atoms with Gasteiger partial charge in [0.05, 0.1) is 11.1 Å². The van der Waals surface area contributed by atoms with E-state index in [4.69, 9.17) is 0 Å². The number of phenols is 3. The number of aliphatic hydroxyl groups is 1. The van der Waals surface area contributed by atoms with E-state index in [1.807, 2.05) is 33.8 Å². The molecule has 0 spiro atoms. The number of ketones is 2. The molecule has 0 aliphatic heterocycles. The molecule has 3 rings (SSSR count). The van der Waals surface area contributed by atoms with Gasteiger partial charge in [0.2, 0.25) is 11.6 Å². The highest BCUT2D eigenvalue weighted by atomic mass is 16.4. The van der Waals surface area contributed by atoms with E-state index in [0.717, 1.165) is 23.1 Å². The first-order valence-corrected chi connectivity index (χ1v) is 14.5. The van der Waals surface area contributed by atoms with E-state index in [1.54, 1.807) is 19.1 Å². The molecule has 8 nitrogen and oxygen atoms in total. The summed E-state index contributed by atoms with van der Waals surface area (Å²) >= 11 is 0. The zero-order chi connectivity index (χ0) is 32.2. The van der Waals surface area contributed by atoms with Crippen LogP contribution in [0.3, 0.4) is 0 Å². The minimum Gasteiger partial charge on any atom is -0.507 e. The van der Waals surface area contributed by atoms with Crippen LogP contribution in [0.5, 0.6) is 17.2 Å². The number of carboxylic acid groups (broad SMARTS) is 1. The summed E-state index contributed by atoms with van der Waals surface area (Å²) in [6.07, 6.45) is 10.9. The summed E-state index contributed by atoms with van der Waals surface area (Å²) in [5.74, 6) is -4.12. The summed E-state index contributed by atoms with van der Waals surface area (Å²) in [5.41, 5.74) is 0.858. The Morgan fingerprint density at radius 1 is 0.767 bits per heavy atom. The Balaban J connectivity index is 1.72. The van der Waals surface area contributed by atoms with Crippen LogP contribution < -0.4 is 0 Å². The van der Waals surface area contributed by atoms with E-state index >= 15 is 0 Å². The molecular weight excluding hydrogens is 548 g/mol. The van der Waals surface area contributed by atoms with Crippen molar-refractivity contribution >= 4 is 28.3 Å². The fraction of sp³-hybridized carbons (Fsp3) is 0.400. The Morgan fingerprint density at radius 3 is 1.93 bits per heavy atom. The van der Waals surface area contributed by atoms with E-state index in [0.29, 0.717) is 43.2 Å². The summed E-state index contributed by atoms with van der Waals surface area (Å²) in [5, 5.41) is 53.1. The lowest BCUT2D eigenvalue weighted by molar-refractivity contribution is -0.132. The first-order chi connectivity index (χ1) is 20.1. The standard InChI is InChI=1S/C35H42O8/c1-19(2)10-7-14-24(34(41)42)15-9-13-20(3)11-8-12-21(4)16-17-35(43)32(39)27-25(36)18-22(5)26-28(27)29(33(35)40)31(38)23(6)30(26)37/h10-11,15-16,18,36-38,43H,7-9,12-14,17H2,1-6H3,(H,41,42)/b20-11+,21-16+,24-15-/t35-/m0/s1. The molecule has 2 aromatic carbocycles. The molecule has 0 fully saturated rings. The van der Waals surface area contributed by atoms with Crippen LogP contribution >= 0.6 is 0 Å². The summed E-state index contributed by atoms with van der Waals surface area (Å²) < 4.78 is 0. The Bertz CT molecular complexity index is 1600. The van der Waals surface area contributed by atoms with Crippen molar-refractivity contribution in [3.8, 4) is 17.2 Å². The molecule has 0 radical (unpaired) electrons. The predicted octanol–water partition coefficient (Wildman–Crippen LogP) is 7.28. The quantitative estimate of drug-likeness (QED) is 0.0982. The summed E-state index contributed by atoms with van der Waals surface area (Å²) in [6, 6.07) is 1.30. The van der Waals surface area contributed by atoms with Crippen molar-refractivity contribution in [3.05, 3.63) is 74.9 Å². The minimum atomic E-state index is -2.53. The van der Waals surface area contributed by atoms with Gasteiger partial charge < -0.3 is 25.5 Å². The second kappa shape index (κ2) is 13.4. The van der Waals surface area contributed by atoms with Crippen molar-refractivity contribution in [3.63, 3.8) is 0 Å². The molecule has 230 valence electrons. The molecule has 0 bridgehead atoms. The van der Waals surface area contributed by atoms with Crippen molar-refractivity contribution in [2.75, 3.05) is 0 Å². The first-order valence-electron chi connectivity index (χ1n) is 14.5. The molecule has 0 saturated heterocycles. The number of aliphatic carboxylic acids is 1. The topological polar surface area (TPSA) is 152 Å². The Morgan fingerprint density at radius 2 is 1.33 bits per heavy atom. The molecule has 0 heterocycles. The average molecular weight is 591 g/mol. The first kappa shape index (κ1) is 33.3. The molecule has 2 aromatic rings. The van der Waals surface area contributed by atoms with E-state index in [-0.39, 0.29) is 39.6 Å². The van der Waals surface area contributed by atoms with Crippen molar-refractivity contribution in [2.45, 2.75) is 92.1 Å². The molecule has 0 aromatic heterocycles. The number of benzene rings is 2. The van der Waals surface area contributed by atoms with Crippen LogP contribution in [0.25, 0.3) is 10.8 Å². The summed E-state index contributed by atoms with van der Waals surface area (Å²) in [4.78, 5) is 38.6. The number of aryl methyl sites for hydroxylation is 1. The predicted molar refractivity (Wildman–Crippen MR) is 167 cm³/mol. The Labute approximate surface area is 252 Å². The zero-order valence-electron chi connectivity index (χ0n) is 25.8. The molecule has 8 heteroatoms. The van der Waals surface area contributed by atoms with Gasteiger partial charge in [0.1, 0.15) is 17.2 Å². The number of carboxylic acids is 1. The maximum Gasteiger partial charge on any atom is 0.331 e. The normalized spacial score (nSPS) is 17.5. The van der Waals surface area contributed by atoms with Crippen LogP contribution in [0.4, 0.5) is 0 Å². The van der Waals surface area contributed by atoms with E-state index < -0.39 is 34.6 Å². The van der Waals surface area contributed by atoms with Gasteiger partial charge in [-0.2, -0.15) is 0 Å². The maximum atomic E-state index is 13.6. The maximum absolute atomic E-state index is 13.6. The molecule has 1 aliphatic carbocycles. The largest absolute Gasteiger partial charge is 0.507 e. The minimum absolute atomic E-state index is 0.0413. The van der Waals surface area contributed by atoms with Crippen LogP contribution in [0, 0.1) is 13.8 Å². The highest BCUT2D eigenvalue weighted by Crippen LogP contribution is 2.49. The highest BCUT2D eigenvalue weighted by Gasteiger charge is 2.51. The second-order valence-electron chi connectivity index (χ2n) is 11.8. The lowest BCUT2D eigenvalue weighted by Crippen LogP contribution is -2.49. The van der Waals surface area contributed by atoms with Crippen LogP contribution in [0.2, 0.25) is 0 Å². The lowest BCUT2D eigenvalue weighted by atomic mass is 9.73. The van der Waals surface area contributed by atoms with E-state index in [9.17, 15) is 39.9 Å². The molecule has 0 saturated carbocycles. The van der Waals surface area contributed by atoms with Crippen molar-refractivity contribution < 1.29 is 39.9 Å². The van der Waals surface area contributed by atoms with Crippen molar-refractivity contribution in [1.82, 2.24) is 0 Å². The second-order valence-corrected chi connectivity index (χ2v) is 11.8. The SMILES string of the molecule is CC(C)=CCC/C(=C/CC/C(C)=C/CC/C(C)=C/C[C@]1(O)C(=O)c2c(O)cc(C)c3c(O)c(C)c(O)c(c23)C1=O)C(=O)O. The van der Waals surface area contributed by atoms with Gasteiger partial charge in [-0.25, -0.2) is 4.79 Å². The van der Waals surface area contributed by atoms with Crippen molar-refractivity contribution in [1.29, 1.82) is 0 Å². The summed E-state index contributed by atoms with van der Waals surface area (Å²) in [6.45, 7) is 10.8. The fourth-order valence-electron chi connectivity index (χ4n) is 5.47. The summed E-state index contributed by atoms with van der Waals surface area (Å²) in [7, 11) is 0. The van der Waals surface area contributed by atoms with Gasteiger partial charge in [0.25, 0.3) is 0 Å². The average Bonchev–Trinajstić information content (AvgIpc) is 2.92. The number of phenolic OH excluding ortho intramolecular Hbond substituents is 3. The van der Waals surface area contributed by atoms with Gasteiger partial charge in [-0.1, -0.05) is 41.0 Å². The number of rotatable bonds is 12. The smallest absolute Gasteiger partial charge is 0.331 e. The molecular formula is C35H42O8. The molecule has 1 aliphatic rings. The third kappa shape index (κ3) is 6.91. The number of carbonyl (C=O) groups excluding carboxylic acids is 2. The van der Waals surface area contributed by atoms with Crippen LogP contribution in [-0.4, -0.2) is 48.7 Å². The third-order valence-electron chi connectivity index (χ3n) is 8.09. The Hall–Kier alpha value is -4.17. The number of allylic oxidation sites excluding steroid dienone is 6. The molecule has 0 amide bonds. The highest BCUT2D eigenvalue weighted by molar-refractivity contribution is 6.36. The molecule has 0 unspecified atom stereocenters. The molecule has 1 atom stereocenters. The number of carbonyl (C=O) groups is 3. The van der Waals surface area contributed by atoms with Gasteiger partial charge in [0.15, 0.2) is 5.60 Å². The van der Waals surface area contributed by atoms with Gasteiger partial charge in [-0.15, -0.1) is 0 Å².